The molecule has 17 heavy (non-hydrogen) atoms. The third-order valence-corrected chi connectivity index (χ3v) is 3.82. The van der Waals surface area contributed by atoms with Crippen molar-refractivity contribution >= 4 is 0 Å². The van der Waals surface area contributed by atoms with E-state index in [0.29, 0.717) is 5.92 Å². The third-order valence-electron chi connectivity index (χ3n) is 3.82. The Kier molecular flexibility index (Phi) is 3.33. The zero-order valence-corrected chi connectivity index (χ0v) is 10.7. The Morgan fingerprint density at radius 1 is 1.41 bits per heavy atom. The van der Waals surface area contributed by atoms with Gasteiger partial charge in [0.1, 0.15) is 0 Å². The van der Waals surface area contributed by atoms with E-state index >= 15 is 0 Å². The highest BCUT2D eigenvalue weighted by Gasteiger charge is 2.31. The molecule has 96 valence electrons. The molecule has 0 radical (unpaired) electrons. The van der Waals surface area contributed by atoms with E-state index < -0.39 is 5.60 Å². The minimum atomic E-state index is -0.560. The Morgan fingerprint density at radius 2 is 2.06 bits per heavy atom. The van der Waals surface area contributed by atoms with Crippen molar-refractivity contribution in [3.8, 4) is 0 Å². The quantitative estimate of drug-likeness (QED) is 0.663. The zero-order valence-electron chi connectivity index (χ0n) is 10.7. The lowest BCUT2D eigenvalue weighted by molar-refractivity contribution is -0.00811. The molecule has 0 bridgehead atoms. The standard InChI is InChI=1S/C13H23N3O/c1-13(2,17)10-4-7-16(8-5-10)12-3-6-15-9-11(12)14/h3,6,10,15,17H,4-5,7-9,14H2,1-2H3. The molecule has 2 heterocycles. The van der Waals surface area contributed by atoms with Gasteiger partial charge in [0.15, 0.2) is 0 Å². The predicted octanol–water partition coefficient (Wildman–Crippen LogP) is 0.756. The SMILES string of the molecule is CC(C)(O)C1CCN(C2=C(N)CNC=C2)CC1. The van der Waals surface area contributed by atoms with Gasteiger partial charge in [0.25, 0.3) is 0 Å². The second kappa shape index (κ2) is 4.61. The monoisotopic (exact) mass is 237 g/mol. The van der Waals surface area contributed by atoms with E-state index in [0.717, 1.165) is 43.9 Å². The van der Waals surface area contributed by atoms with Crippen LogP contribution in [0.25, 0.3) is 0 Å². The Balaban J connectivity index is 1.98. The van der Waals surface area contributed by atoms with Crippen LogP contribution in [0.15, 0.2) is 23.7 Å². The topological polar surface area (TPSA) is 61.5 Å². The molecule has 2 aliphatic rings. The van der Waals surface area contributed by atoms with Crippen molar-refractivity contribution in [3.63, 3.8) is 0 Å². The molecular formula is C13H23N3O. The summed E-state index contributed by atoms with van der Waals surface area (Å²) in [5, 5.41) is 13.1. The van der Waals surface area contributed by atoms with Crippen molar-refractivity contribution in [2.75, 3.05) is 19.6 Å². The first kappa shape index (κ1) is 12.3. The minimum Gasteiger partial charge on any atom is -0.399 e. The van der Waals surface area contributed by atoms with E-state index in [1.807, 2.05) is 26.1 Å². The molecule has 4 heteroatoms. The molecule has 2 rings (SSSR count). The molecule has 1 fully saturated rings. The molecule has 0 aromatic carbocycles. The highest BCUT2D eigenvalue weighted by Crippen LogP contribution is 2.29. The summed E-state index contributed by atoms with van der Waals surface area (Å²) < 4.78 is 0. The van der Waals surface area contributed by atoms with Gasteiger partial charge in [-0.05, 0) is 44.9 Å². The summed E-state index contributed by atoms with van der Waals surface area (Å²) in [6.45, 7) is 6.51. The van der Waals surface area contributed by atoms with Crippen LogP contribution in [0.2, 0.25) is 0 Å². The predicted molar refractivity (Wildman–Crippen MR) is 69.0 cm³/mol. The maximum atomic E-state index is 10.0. The molecular weight excluding hydrogens is 214 g/mol. The summed E-state index contributed by atoms with van der Waals surface area (Å²) in [6, 6.07) is 0. The molecule has 0 unspecified atom stereocenters. The van der Waals surface area contributed by atoms with Gasteiger partial charge in [-0.3, -0.25) is 0 Å². The Hall–Kier alpha value is -1.16. The van der Waals surface area contributed by atoms with Gasteiger partial charge in [0.2, 0.25) is 0 Å². The number of allylic oxidation sites excluding steroid dienone is 1. The molecule has 0 atom stereocenters. The summed E-state index contributed by atoms with van der Waals surface area (Å²) in [4.78, 5) is 2.33. The van der Waals surface area contributed by atoms with Crippen LogP contribution in [-0.4, -0.2) is 35.2 Å². The first-order valence-corrected chi connectivity index (χ1v) is 6.34. The summed E-state index contributed by atoms with van der Waals surface area (Å²) in [5.74, 6) is 0.395. The first-order chi connectivity index (χ1) is 7.98. The van der Waals surface area contributed by atoms with Crippen molar-refractivity contribution < 1.29 is 5.11 Å². The average molecular weight is 237 g/mol. The van der Waals surface area contributed by atoms with Crippen molar-refractivity contribution in [3.05, 3.63) is 23.7 Å². The van der Waals surface area contributed by atoms with E-state index in [4.69, 9.17) is 5.73 Å². The van der Waals surface area contributed by atoms with Gasteiger partial charge in [-0.25, -0.2) is 0 Å². The van der Waals surface area contributed by atoms with Gasteiger partial charge in [-0.15, -0.1) is 0 Å². The number of piperidine rings is 1. The van der Waals surface area contributed by atoms with Crippen LogP contribution < -0.4 is 11.1 Å². The van der Waals surface area contributed by atoms with E-state index in [1.165, 1.54) is 0 Å². The molecule has 4 N–H and O–H groups in total. The minimum absolute atomic E-state index is 0.395. The molecule has 0 aromatic rings. The largest absolute Gasteiger partial charge is 0.399 e. The first-order valence-electron chi connectivity index (χ1n) is 6.34. The lowest BCUT2D eigenvalue weighted by Gasteiger charge is -2.40. The highest BCUT2D eigenvalue weighted by molar-refractivity contribution is 5.27. The number of aliphatic hydroxyl groups is 1. The number of hydrogen-bond acceptors (Lipinski definition) is 4. The lowest BCUT2D eigenvalue weighted by atomic mass is 9.83. The van der Waals surface area contributed by atoms with Gasteiger partial charge < -0.3 is 21.1 Å². The van der Waals surface area contributed by atoms with Crippen molar-refractivity contribution in [1.29, 1.82) is 0 Å². The Morgan fingerprint density at radius 3 is 2.59 bits per heavy atom. The van der Waals surface area contributed by atoms with E-state index in [9.17, 15) is 5.11 Å². The summed E-state index contributed by atoms with van der Waals surface area (Å²) in [7, 11) is 0. The van der Waals surface area contributed by atoms with Gasteiger partial charge in [0, 0.05) is 13.1 Å². The van der Waals surface area contributed by atoms with Gasteiger partial charge in [0.05, 0.1) is 23.5 Å². The number of dihydropyridines is 1. The van der Waals surface area contributed by atoms with Crippen molar-refractivity contribution in [1.82, 2.24) is 10.2 Å². The number of likely N-dealkylation sites (tertiary alicyclic amines) is 1. The molecule has 0 aromatic heterocycles. The molecule has 0 spiro atoms. The average Bonchev–Trinajstić information content (AvgIpc) is 2.29. The fourth-order valence-electron chi connectivity index (χ4n) is 2.64. The van der Waals surface area contributed by atoms with Crippen LogP contribution in [0.3, 0.4) is 0 Å². The number of hydrogen-bond donors (Lipinski definition) is 3. The fraction of sp³-hybridized carbons (Fsp3) is 0.692. The van der Waals surface area contributed by atoms with Crippen molar-refractivity contribution in [2.45, 2.75) is 32.3 Å². The van der Waals surface area contributed by atoms with Crippen molar-refractivity contribution in [2.24, 2.45) is 11.7 Å². The number of nitrogens with two attached hydrogens (primary N) is 1. The summed E-state index contributed by atoms with van der Waals surface area (Å²) in [5.41, 5.74) is 7.51. The third kappa shape index (κ3) is 2.75. The summed E-state index contributed by atoms with van der Waals surface area (Å²) >= 11 is 0. The van der Waals surface area contributed by atoms with E-state index in [1.54, 1.807) is 0 Å². The van der Waals surface area contributed by atoms with Gasteiger partial charge in [-0.1, -0.05) is 0 Å². The van der Waals surface area contributed by atoms with Crippen LogP contribution in [0.5, 0.6) is 0 Å². The Bertz CT molecular complexity index is 333. The van der Waals surface area contributed by atoms with E-state index in [-0.39, 0.29) is 0 Å². The summed E-state index contributed by atoms with van der Waals surface area (Å²) in [6.07, 6.45) is 6.06. The van der Waals surface area contributed by atoms with Crippen LogP contribution in [0.4, 0.5) is 0 Å². The Labute approximate surface area is 103 Å². The molecule has 4 nitrogen and oxygen atoms in total. The van der Waals surface area contributed by atoms with Crippen LogP contribution >= 0.6 is 0 Å². The maximum absolute atomic E-state index is 10.0. The normalized spacial score (nSPS) is 22.9. The second-order valence-corrected chi connectivity index (χ2v) is 5.54. The molecule has 1 saturated heterocycles. The maximum Gasteiger partial charge on any atom is 0.0621 e. The molecule has 0 aliphatic carbocycles. The smallest absolute Gasteiger partial charge is 0.0621 e. The molecule has 0 amide bonds. The van der Waals surface area contributed by atoms with Gasteiger partial charge in [-0.2, -0.15) is 0 Å². The molecule has 2 aliphatic heterocycles. The zero-order chi connectivity index (χ0) is 12.5. The second-order valence-electron chi connectivity index (χ2n) is 5.54. The molecule has 0 saturated carbocycles. The van der Waals surface area contributed by atoms with Gasteiger partial charge >= 0.3 is 0 Å². The number of nitrogens with zero attached hydrogens (tertiary/aromatic N) is 1. The van der Waals surface area contributed by atoms with Crippen LogP contribution in [-0.2, 0) is 0 Å². The van der Waals surface area contributed by atoms with E-state index in [2.05, 4.69) is 10.2 Å². The fourth-order valence-corrected chi connectivity index (χ4v) is 2.64. The van der Waals surface area contributed by atoms with Crippen LogP contribution in [0.1, 0.15) is 26.7 Å². The lowest BCUT2D eigenvalue weighted by Crippen LogP contribution is -2.42. The highest BCUT2D eigenvalue weighted by atomic mass is 16.3. The number of rotatable bonds is 2. The van der Waals surface area contributed by atoms with Crippen LogP contribution in [0, 0.1) is 5.92 Å². The number of nitrogens with one attached hydrogen (secondary N) is 1.